The predicted octanol–water partition coefficient (Wildman–Crippen LogP) is 3.31. The minimum absolute atomic E-state index is 0.00984. The Labute approximate surface area is 169 Å². The number of rotatable bonds is 4. The molecule has 1 atom stereocenters. The molecule has 152 valence electrons. The van der Waals surface area contributed by atoms with Crippen LogP contribution in [-0.2, 0) is 6.42 Å². The Kier molecular flexibility index (Phi) is 4.36. The van der Waals surface area contributed by atoms with Crippen LogP contribution in [0.25, 0.3) is 21.3 Å². The Bertz CT molecular complexity index is 1240. The molecule has 2 aromatic heterocycles. The van der Waals surface area contributed by atoms with E-state index in [1.165, 1.54) is 29.1 Å². The topological polar surface area (TPSA) is 84.3 Å². The Morgan fingerprint density at radius 1 is 1.31 bits per heavy atom. The molecule has 2 aliphatic rings. The number of aromatic amines is 1. The van der Waals surface area contributed by atoms with Gasteiger partial charge in [-0.1, -0.05) is 0 Å². The van der Waals surface area contributed by atoms with Gasteiger partial charge in [0.15, 0.2) is 5.75 Å². The number of methoxy groups -OCH3 is 1. The van der Waals surface area contributed by atoms with Crippen LogP contribution in [0.1, 0.15) is 48.1 Å². The van der Waals surface area contributed by atoms with Crippen LogP contribution >= 0.6 is 11.3 Å². The number of thiophene rings is 1. The largest absolute Gasteiger partial charge is 0.494 e. The van der Waals surface area contributed by atoms with Crippen molar-refractivity contribution >= 4 is 22.2 Å². The van der Waals surface area contributed by atoms with Gasteiger partial charge in [0.2, 0.25) is 0 Å². The molecule has 0 spiro atoms. The van der Waals surface area contributed by atoms with Crippen LogP contribution in [0.15, 0.2) is 21.7 Å². The van der Waals surface area contributed by atoms with Crippen molar-refractivity contribution in [2.75, 3.05) is 13.7 Å². The van der Waals surface area contributed by atoms with Crippen molar-refractivity contribution in [3.63, 3.8) is 0 Å². The third kappa shape index (κ3) is 2.85. The zero-order chi connectivity index (χ0) is 20.3. The quantitative estimate of drug-likeness (QED) is 0.683. The second-order valence-corrected chi connectivity index (χ2v) is 8.92. The molecule has 3 aromatic rings. The fourth-order valence-corrected chi connectivity index (χ4v) is 5.76. The van der Waals surface area contributed by atoms with Crippen molar-refractivity contribution in [1.82, 2.24) is 9.55 Å². The zero-order valence-corrected chi connectivity index (χ0v) is 16.8. The van der Waals surface area contributed by atoms with E-state index in [1.54, 1.807) is 0 Å². The van der Waals surface area contributed by atoms with Crippen LogP contribution in [0, 0.1) is 5.82 Å². The number of hydrogen-bond donors (Lipinski definition) is 2. The first-order chi connectivity index (χ1) is 14.0. The summed E-state index contributed by atoms with van der Waals surface area (Å²) in [5, 5.41) is 9.82. The molecule has 2 aliphatic carbocycles. The van der Waals surface area contributed by atoms with Crippen LogP contribution < -0.4 is 16.0 Å². The summed E-state index contributed by atoms with van der Waals surface area (Å²) >= 11 is 1.49. The summed E-state index contributed by atoms with van der Waals surface area (Å²) in [6.45, 7) is 0.0666. The molecule has 8 heteroatoms. The maximum Gasteiger partial charge on any atom is 0.329 e. The van der Waals surface area contributed by atoms with Gasteiger partial charge in [-0.3, -0.25) is 14.3 Å². The average Bonchev–Trinajstić information content (AvgIpc) is 3.44. The highest BCUT2D eigenvalue weighted by Crippen LogP contribution is 2.47. The monoisotopic (exact) mass is 416 g/mol. The van der Waals surface area contributed by atoms with Gasteiger partial charge < -0.3 is 9.84 Å². The third-order valence-corrected chi connectivity index (χ3v) is 7.18. The van der Waals surface area contributed by atoms with E-state index < -0.39 is 17.1 Å². The number of halogens is 1. The lowest BCUT2D eigenvalue weighted by atomic mass is 9.88. The molecule has 1 aromatic carbocycles. The molecule has 0 bridgehead atoms. The van der Waals surface area contributed by atoms with Gasteiger partial charge in [-0.2, -0.15) is 0 Å². The smallest absolute Gasteiger partial charge is 0.329 e. The van der Waals surface area contributed by atoms with E-state index in [-0.39, 0.29) is 35.3 Å². The van der Waals surface area contributed by atoms with E-state index in [0.717, 1.165) is 42.5 Å². The number of H-pyrrole nitrogens is 1. The molecular formula is C21H21FN2O4S. The fraction of sp³-hybridized carbons (Fsp3) is 0.429. The molecule has 6 nitrogen and oxygen atoms in total. The molecule has 2 heterocycles. The summed E-state index contributed by atoms with van der Waals surface area (Å²) in [4.78, 5) is 29.0. The first-order valence-corrected chi connectivity index (χ1v) is 10.6. The summed E-state index contributed by atoms with van der Waals surface area (Å²) in [7, 11) is 1.44. The summed E-state index contributed by atoms with van der Waals surface area (Å²) in [6.07, 6.45) is 4.48. The van der Waals surface area contributed by atoms with E-state index in [0.29, 0.717) is 10.4 Å². The van der Waals surface area contributed by atoms with Crippen molar-refractivity contribution in [3.05, 3.63) is 49.2 Å². The third-order valence-electron chi connectivity index (χ3n) is 5.95. The average molecular weight is 416 g/mol. The lowest BCUT2D eigenvalue weighted by Crippen LogP contribution is -2.30. The van der Waals surface area contributed by atoms with Gasteiger partial charge in [0.1, 0.15) is 11.3 Å². The van der Waals surface area contributed by atoms with E-state index in [9.17, 15) is 14.7 Å². The molecule has 0 amide bonds. The highest BCUT2D eigenvalue weighted by Gasteiger charge is 2.31. The van der Waals surface area contributed by atoms with Crippen LogP contribution in [0.2, 0.25) is 0 Å². The number of hydrogen-bond acceptors (Lipinski definition) is 5. The lowest BCUT2D eigenvalue weighted by Gasteiger charge is -2.19. The molecule has 0 saturated heterocycles. The van der Waals surface area contributed by atoms with Crippen molar-refractivity contribution in [3.8, 4) is 16.2 Å². The first kappa shape index (κ1) is 18.6. The van der Waals surface area contributed by atoms with Gasteiger partial charge in [0.05, 0.1) is 18.1 Å². The molecule has 5 rings (SSSR count). The normalized spacial score (nSPS) is 18.8. The minimum atomic E-state index is -0.614. The number of fused-ring (bicyclic) bond motifs is 2. The number of aliphatic hydroxyl groups excluding tert-OH is 1. The molecule has 0 aliphatic heterocycles. The second-order valence-electron chi connectivity index (χ2n) is 7.78. The summed E-state index contributed by atoms with van der Waals surface area (Å²) < 4.78 is 22.4. The molecule has 2 N–H and O–H groups in total. The van der Waals surface area contributed by atoms with Crippen LogP contribution in [0.5, 0.6) is 5.75 Å². The van der Waals surface area contributed by atoms with Crippen molar-refractivity contribution in [1.29, 1.82) is 0 Å². The van der Waals surface area contributed by atoms with Gasteiger partial charge in [0, 0.05) is 28.3 Å². The zero-order valence-electron chi connectivity index (χ0n) is 16.0. The SMILES string of the molecule is COc1c(-c2cc3c(s2)CCCC3CO)c(F)cc2c(=O)[nH]c(=O)n(C3CC3)c12. The fourth-order valence-electron chi connectivity index (χ4n) is 4.43. The Balaban J connectivity index is 1.83. The van der Waals surface area contributed by atoms with Gasteiger partial charge >= 0.3 is 5.69 Å². The van der Waals surface area contributed by atoms with Crippen LogP contribution in [0.3, 0.4) is 0 Å². The Morgan fingerprint density at radius 2 is 2.10 bits per heavy atom. The predicted molar refractivity (Wildman–Crippen MR) is 110 cm³/mol. The molecule has 1 unspecified atom stereocenters. The molecule has 1 saturated carbocycles. The van der Waals surface area contributed by atoms with Gasteiger partial charge in [-0.25, -0.2) is 9.18 Å². The highest BCUT2D eigenvalue weighted by atomic mass is 32.1. The van der Waals surface area contributed by atoms with E-state index >= 15 is 4.39 Å². The first-order valence-electron chi connectivity index (χ1n) is 9.82. The summed E-state index contributed by atoms with van der Waals surface area (Å²) in [6, 6.07) is 3.12. The summed E-state index contributed by atoms with van der Waals surface area (Å²) in [5.41, 5.74) is 0.578. The lowest BCUT2D eigenvalue weighted by molar-refractivity contribution is 0.253. The van der Waals surface area contributed by atoms with Crippen molar-refractivity contribution in [2.24, 2.45) is 0 Å². The molecule has 0 radical (unpaired) electrons. The maximum absolute atomic E-state index is 15.3. The van der Waals surface area contributed by atoms with E-state index in [4.69, 9.17) is 4.74 Å². The number of ether oxygens (including phenoxy) is 1. The molecule has 29 heavy (non-hydrogen) atoms. The van der Waals surface area contributed by atoms with E-state index in [2.05, 4.69) is 4.98 Å². The highest BCUT2D eigenvalue weighted by molar-refractivity contribution is 7.15. The Hall–Kier alpha value is -2.45. The van der Waals surface area contributed by atoms with Crippen molar-refractivity contribution in [2.45, 2.75) is 44.1 Å². The summed E-state index contributed by atoms with van der Waals surface area (Å²) in [5.74, 6) is -0.278. The van der Waals surface area contributed by atoms with Gasteiger partial charge in [-0.05, 0) is 49.8 Å². The number of aromatic nitrogens is 2. The molecule has 1 fully saturated rings. The second kappa shape index (κ2) is 6.81. The maximum atomic E-state index is 15.3. The number of nitrogens with zero attached hydrogens (tertiary/aromatic N) is 1. The van der Waals surface area contributed by atoms with E-state index in [1.807, 2.05) is 6.07 Å². The minimum Gasteiger partial charge on any atom is -0.494 e. The van der Waals surface area contributed by atoms with Gasteiger partial charge in [0.25, 0.3) is 5.56 Å². The molecular weight excluding hydrogens is 395 g/mol. The van der Waals surface area contributed by atoms with Crippen molar-refractivity contribution < 1.29 is 14.2 Å². The number of aliphatic hydroxyl groups is 1. The van der Waals surface area contributed by atoms with Crippen LogP contribution in [0.4, 0.5) is 4.39 Å². The standard InChI is InChI=1S/C21H21FN2O4S/c1-28-19-17(16-8-12-10(9-25)3-2-4-15(12)29-16)14(22)7-13-18(19)24(11-5-6-11)21(27)23-20(13)26/h7-8,10-11,25H,2-6,9H2,1H3,(H,23,26,27). The number of aryl methyl sites for hydroxylation is 1. The Morgan fingerprint density at radius 3 is 2.79 bits per heavy atom. The van der Waals surface area contributed by atoms with Crippen LogP contribution in [-0.4, -0.2) is 28.4 Å². The number of benzene rings is 1. The van der Waals surface area contributed by atoms with Gasteiger partial charge in [-0.15, -0.1) is 11.3 Å². The number of nitrogens with one attached hydrogen (secondary N) is 1.